The minimum Gasteiger partial charge on any atom is -0.444 e. The number of anilines is 1. The zero-order valence-corrected chi connectivity index (χ0v) is 12.6. The van der Waals surface area contributed by atoms with E-state index < -0.39 is 11.7 Å². The molecule has 1 aliphatic rings. The van der Waals surface area contributed by atoms with Gasteiger partial charge in [0.05, 0.1) is 11.9 Å². The van der Waals surface area contributed by atoms with Gasteiger partial charge in [0.25, 0.3) is 0 Å². The molecule has 7 nitrogen and oxygen atoms in total. The molecule has 1 unspecified atom stereocenters. The van der Waals surface area contributed by atoms with Crippen LogP contribution in [-0.2, 0) is 9.47 Å². The number of rotatable bonds is 3. The molecule has 2 rings (SSSR count). The average molecular weight is 295 g/mol. The lowest BCUT2D eigenvalue weighted by atomic mass is 10.2. The monoisotopic (exact) mass is 295 g/mol. The molecule has 1 aromatic heterocycles. The van der Waals surface area contributed by atoms with Crippen LogP contribution in [0.2, 0.25) is 0 Å². The quantitative estimate of drug-likeness (QED) is 0.867. The van der Waals surface area contributed by atoms with E-state index in [-0.39, 0.29) is 11.9 Å². The molecule has 21 heavy (non-hydrogen) atoms. The number of nitrogens with one attached hydrogen (secondary N) is 1. The van der Waals surface area contributed by atoms with E-state index in [2.05, 4.69) is 10.4 Å². The summed E-state index contributed by atoms with van der Waals surface area (Å²) in [5.41, 5.74) is -0.114. The molecule has 1 fully saturated rings. The van der Waals surface area contributed by atoms with Crippen molar-refractivity contribution in [1.82, 2.24) is 9.78 Å². The van der Waals surface area contributed by atoms with Gasteiger partial charge in [-0.25, -0.2) is 9.48 Å². The van der Waals surface area contributed by atoms with Crippen molar-refractivity contribution < 1.29 is 19.1 Å². The molecule has 1 aliphatic heterocycles. The summed E-state index contributed by atoms with van der Waals surface area (Å²) in [6.07, 6.45) is 4.32. The summed E-state index contributed by atoms with van der Waals surface area (Å²) in [6, 6.07) is 0. The molecule has 116 valence electrons. The van der Waals surface area contributed by atoms with Crippen molar-refractivity contribution in [3.63, 3.8) is 0 Å². The number of nitrogens with zero attached hydrogens (tertiary/aromatic N) is 2. The highest BCUT2D eigenvalue weighted by atomic mass is 16.6. The fourth-order valence-electron chi connectivity index (χ4n) is 2.08. The summed E-state index contributed by atoms with van der Waals surface area (Å²) in [4.78, 5) is 22.8. The summed E-state index contributed by atoms with van der Waals surface area (Å²) in [5.74, 6) is 0. The van der Waals surface area contributed by atoms with Crippen LogP contribution < -0.4 is 5.32 Å². The third kappa shape index (κ3) is 4.29. The first-order valence-electron chi connectivity index (χ1n) is 7.05. The van der Waals surface area contributed by atoms with E-state index in [1.807, 2.05) is 0 Å². The van der Waals surface area contributed by atoms with E-state index in [0.717, 1.165) is 19.3 Å². The van der Waals surface area contributed by atoms with Crippen LogP contribution in [0.15, 0.2) is 6.20 Å². The van der Waals surface area contributed by atoms with E-state index in [1.54, 1.807) is 31.6 Å². The van der Waals surface area contributed by atoms with Gasteiger partial charge in [0, 0.05) is 6.61 Å². The number of carbonyl (C=O) groups is 2. The number of hydrogen-bond donors (Lipinski definition) is 1. The van der Waals surface area contributed by atoms with E-state index in [1.165, 1.54) is 0 Å². The first kappa shape index (κ1) is 15.5. The maximum Gasteiger partial charge on any atom is 0.412 e. The number of aromatic nitrogens is 2. The van der Waals surface area contributed by atoms with Crippen LogP contribution in [0.5, 0.6) is 0 Å². The molecule has 0 saturated carbocycles. The van der Waals surface area contributed by atoms with Crippen LogP contribution >= 0.6 is 0 Å². The minimum atomic E-state index is -0.616. The number of aldehydes is 1. The van der Waals surface area contributed by atoms with Gasteiger partial charge in [-0.15, -0.1) is 0 Å². The van der Waals surface area contributed by atoms with Crippen LogP contribution in [0.3, 0.4) is 0 Å². The summed E-state index contributed by atoms with van der Waals surface area (Å²) in [6.45, 7) is 5.99. The van der Waals surface area contributed by atoms with Crippen LogP contribution in [-0.4, -0.2) is 34.4 Å². The van der Waals surface area contributed by atoms with Crippen molar-refractivity contribution in [1.29, 1.82) is 0 Å². The molecule has 0 aliphatic carbocycles. The van der Waals surface area contributed by atoms with Gasteiger partial charge in [0.2, 0.25) is 0 Å². The van der Waals surface area contributed by atoms with Crippen LogP contribution in [0.25, 0.3) is 0 Å². The Balaban J connectivity index is 2.10. The fourth-order valence-corrected chi connectivity index (χ4v) is 2.08. The summed E-state index contributed by atoms with van der Waals surface area (Å²) < 4.78 is 12.3. The maximum absolute atomic E-state index is 11.8. The van der Waals surface area contributed by atoms with Crippen LogP contribution in [0.4, 0.5) is 10.5 Å². The molecular formula is C14H21N3O4. The number of ether oxygens (including phenoxy) is 2. The third-order valence-corrected chi connectivity index (χ3v) is 2.96. The highest BCUT2D eigenvalue weighted by Crippen LogP contribution is 2.24. The highest BCUT2D eigenvalue weighted by molar-refractivity contribution is 5.91. The standard InChI is InChI=1S/C14H21N3O4/c1-14(2,3)21-13(19)15-10-8-17(16-11(10)9-18)12-6-4-5-7-20-12/h8-9,12H,4-7H2,1-3H3,(H,15,19). The molecule has 1 saturated heterocycles. The molecule has 1 aromatic rings. The summed E-state index contributed by atoms with van der Waals surface area (Å²) in [7, 11) is 0. The fraction of sp³-hybridized carbons (Fsp3) is 0.643. The first-order valence-corrected chi connectivity index (χ1v) is 7.05. The molecule has 1 amide bonds. The van der Waals surface area contributed by atoms with E-state index in [4.69, 9.17) is 9.47 Å². The molecule has 0 bridgehead atoms. The van der Waals surface area contributed by atoms with E-state index in [9.17, 15) is 9.59 Å². The molecule has 0 radical (unpaired) electrons. The topological polar surface area (TPSA) is 82.4 Å². The van der Waals surface area contributed by atoms with Crippen LogP contribution in [0, 0.1) is 0 Å². The van der Waals surface area contributed by atoms with Crippen molar-refractivity contribution in [2.24, 2.45) is 0 Å². The molecule has 1 atom stereocenters. The first-order chi connectivity index (χ1) is 9.89. The zero-order chi connectivity index (χ0) is 15.5. The maximum atomic E-state index is 11.8. The Morgan fingerprint density at radius 3 is 2.86 bits per heavy atom. The predicted octanol–water partition coefficient (Wildman–Crippen LogP) is 2.74. The summed E-state index contributed by atoms with van der Waals surface area (Å²) >= 11 is 0. The van der Waals surface area contributed by atoms with Gasteiger partial charge in [0.1, 0.15) is 17.5 Å². The Kier molecular flexibility index (Phi) is 4.62. The second kappa shape index (κ2) is 6.26. The molecule has 0 aromatic carbocycles. The van der Waals surface area contributed by atoms with E-state index >= 15 is 0 Å². The van der Waals surface area contributed by atoms with Crippen molar-refractivity contribution in [3.8, 4) is 0 Å². The Morgan fingerprint density at radius 1 is 1.52 bits per heavy atom. The Morgan fingerprint density at radius 2 is 2.29 bits per heavy atom. The average Bonchev–Trinajstić information content (AvgIpc) is 2.80. The molecule has 7 heteroatoms. The van der Waals surface area contributed by atoms with E-state index in [0.29, 0.717) is 18.6 Å². The molecule has 2 heterocycles. The molecule has 1 N–H and O–H groups in total. The third-order valence-electron chi connectivity index (χ3n) is 2.96. The Labute approximate surface area is 123 Å². The van der Waals surface area contributed by atoms with Gasteiger partial charge in [-0.2, -0.15) is 5.10 Å². The normalized spacial score (nSPS) is 19.1. The Bertz CT molecular complexity index is 513. The largest absolute Gasteiger partial charge is 0.444 e. The van der Waals surface area contributed by atoms with Gasteiger partial charge in [0.15, 0.2) is 6.29 Å². The van der Waals surface area contributed by atoms with Crippen molar-refractivity contribution in [2.45, 2.75) is 51.9 Å². The lowest BCUT2D eigenvalue weighted by molar-refractivity contribution is -0.0395. The number of hydrogen-bond acceptors (Lipinski definition) is 5. The molecule has 0 spiro atoms. The van der Waals surface area contributed by atoms with Gasteiger partial charge in [-0.3, -0.25) is 10.1 Å². The molecular weight excluding hydrogens is 274 g/mol. The van der Waals surface area contributed by atoms with Gasteiger partial charge >= 0.3 is 6.09 Å². The SMILES string of the molecule is CC(C)(C)OC(=O)Nc1cn(C2CCCCO2)nc1C=O. The highest BCUT2D eigenvalue weighted by Gasteiger charge is 2.22. The number of carbonyl (C=O) groups excluding carboxylic acids is 2. The van der Waals surface area contributed by atoms with Gasteiger partial charge in [-0.05, 0) is 40.0 Å². The van der Waals surface area contributed by atoms with Crippen molar-refractivity contribution in [2.75, 3.05) is 11.9 Å². The van der Waals surface area contributed by atoms with Crippen molar-refractivity contribution >= 4 is 18.1 Å². The van der Waals surface area contributed by atoms with Gasteiger partial charge < -0.3 is 9.47 Å². The predicted molar refractivity (Wildman–Crippen MR) is 76.3 cm³/mol. The zero-order valence-electron chi connectivity index (χ0n) is 12.6. The van der Waals surface area contributed by atoms with Crippen molar-refractivity contribution in [3.05, 3.63) is 11.9 Å². The lowest BCUT2D eigenvalue weighted by Gasteiger charge is -2.22. The Hall–Kier alpha value is -1.89. The second-order valence-corrected chi connectivity index (χ2v) is 5.97. The number of amides is 1. The minimum absolute atomic E-state index is 0.162. The van der Waals surface area contributed by atoms with Crippen LogP contribution in [0.1, 0.15) is 56.8 Å². The lowest BCUT2D eigenvalue weighted by Crippen LogP contribution is -2.27. The smallest absolute Gasteiger partial charge is 0.412 e. The van der Waals surface area contributed by atoms with Gasteiger partial charge in [-0.1, -0.05) is 0 Å². The second-order valence-electron chi connectivity index (χ2n) is 5.97. The summed E-state index contributed by atoms with van der Waals surface area (Å²) in [5, 5.41) is 6.70.